The van der Waals surface area contributed by atoms with Crippen molar-refractivity contribution in [1.29, 1.82) is 5.26 Å². The van der Waals surface area contributed by atoms with Crippen LogP contribution in [0, 0.1) is 18.3 Å². The summed E-state index contributed by atoms with van der Waals surface area (Å²) in [5, 5.41) is 14.2. The standard InChI is InChI=1S/C24H16Cl4N2O2/c1-14-2-4-20(27)11-22(14)30-24(31)17(12-29)8-16-9-18(25)6-7-23(16)32-13-15-3-5-19(26)10-21(15)28/h2-11H,13H2,1H3,(H,30,31)/b17-8+. The number of nitriles is 1. The zero-order valence-electron chi connectivity index (χ0n) is 16.8. The third-order valence-corrected chi connectivity index (χ3v) is 5.54. The third-order valence-electron chi connectivity index (χ3n) is 4.48. The third kappa shape index (κ3) is 6.18. The number of hydrogen-bond donors (Lipinski definition) is 1. The van der Waals surface area contributed by atoms with Gasteiger partial charge in [0, 0.05) is 36.9 Å². The van der Waals surface area contributed by atoms with Crippen LogP contribution in [-0.4, -0.2) is 5.91 Å². The smallest absolute Gasteiger partial charge is 0.266 e. The monoisotopic (exact) mass is 504 g/mol. The maximum absolute atomic E-state index is 12.7. The number of anilines is 1. The fourth-order valence-electron chi connectivity index (χ4n) is 2.78. The Morgan fingerprint density at radius 2 is 1.66 bits per heavy atom. The molecule has 32 heavy (non-hydrogen) atoms. The Morgan fingerprint density at radius 1 is 1.00 bits per heavy atom. The van der Waals surface area contributed by atoms with Gasteiger partial charge < -0.3 is 10.1 Å². The normalized spacial score (nSPS) is 11.1. The molecule has 0 saturated heterocycles. The van der Waals surface area contributed by atoms with Crippen molar-refractivity contribution in [3.8, 4) is 11.8 Å². The van der Waals surface area contributed by atoms with Crippen LogP contribution < -0.4 is 10.1 Å². The highest BCUT2D eigenvalue weighted by molar-refractivity contribution is 6.35. The van der Waals surface area contributed by atoms with E-state index in [1.807, 2.05) is 13.0 Å². The molecule has 0 aliphatic carbocycles. The molecule has 4 nitrogen and oxygen atoms in total. The number of halogens is 4. The second-order valence-electron chi connectivity index (χ2n) is 6.79. The Morgan fingerprint density at radius 3 is 2.38 bits per heavy atom. The van der Waals surface area contributed by atoms with Crippen LogP contribution in [0.4, 0.5) is 5.69 Å². The molecule has 162 valence electrons. The molecular formula is C24H16Cl4N2O2. The van der Waals surface area contributed by atoms with Crippen LogP contribution in [0.3, 0.4) is 0 Å². The predicted molar refractivity (Wildman–Crippen MR) is 131 cm³/mol. The van der Waals surface area contributed by atoms with Gasteiger partial charge in [0.25, 0.3) is 5.91 Å². The molecule has 0 fully saturated rings. The molecule has 1 N–H and O–H groups in total. The molecule has 0 aliphatic heterocycles. The number of carbonyl (C=O) groups excluding carboxylic acids is 1. The number of ether oxygens (including phenoxy) is 1. The van der Waals surface area contributed by atoms with Gasteiger partial charge in [-0.3, -0.25) is 4.79 Å². The quantitative estimate of drug-likeness (QED) is 0.275. The first-order chi connectivity index (χ1) is 15.3. The van der Waals surface area contributed by atoms with Crippen molar-refractivity contribution in [2.45, 2.75) is 13.5 Å². The number of aryl methyl sites for hydroxylation is 1. The lowest BCUT2D eigenvalue weighted by molar-refractivity contribution is -0.112. The Bertz CT molecular complexity index is 1250. The Balaban J connectivity index is 1.86. The van der Waals surface area contributed by atoms with Gasteiger partial charge in [-0.1, -0.05) is 58.5 Å². The summed E-state index contributed by atoms with van der Waals surface area (Å²) in [6, 6.07) is 17.1. The number of nitrogens with one attached hydrogen (secondary N) is 1. The van der Waals surface area contributed by atoms with E-state index in [0.29, 0.717) is 37.1 Å². The van der Waals surface area contributed by atoms with Crippen LogP contribution in [0.5, 0.6) is 5.75 Å². The van der Waals surface area contributed by atoms with Crippen LogP contribution >= 0.6 is 46.4 Å². The minimum atomic E-state index is -0.579. The minimum Gasteiger partial charge on any atom is -0.488 e. The zero-order chi connectivity index (χ0) is 23.3. The molecule has 3 aromatic carbocycles. The van der Waals surface area contributed by atoms with Crippen molar-refractivity contribution in [3.63, 3.8) is 0 Å². The van der Waals surface area contributed by atoms with E-state index >= 15 is 0 Å². The van der Waals surface area contributed by atoms with Gasteiger partial charge in [-0.2, -0.15) is 5.26 Å². The maximum atomic E-state index is 12.7. The lowest BCUT2D eigenvalue weighted by Gasteiger charge is -2.12. The largest absolute Gasteiger partial charge is 0.488 e. The van der Waals surface area contributed by atoms with Gasteiger partial charge in [-0.15, -0.1) is 0 Å². The molecule has 0 saturated carbocycles. The Labute approximate surface area is 205 Å². The molecule has 0 aliphatic rings. The Hall–Kier alpha value is -2.68. The van der Waals surface area contributed by atoms with Crippen molar-refractivity contribution in [3.05, 3.63) is 97.0 Å². The summed E-state index contributed by atoms with van der Waals surface area (Å²) in [7, 11) is 0. The number of carbonyl (C=O) groups is 1. The summed E-state index contributed by atoms with van der Waals surface area (Å²) in [5.41, 5.74) is 2.41. The van der Waals surface area contributed by atoms with E-state index in [2.05, 4.69) is 5.32 Å². The fraction of sp³-hybridized carbons (Fsp3) is 0.0833. The summed E-state index contributed by atoms with van der Waals surface area (Å²) in [6.45, 7) is 1.99. The average molecular weight is 506 g/mol. The van der Waals surface area contributed by atoms with Crippen molar-refractivity contribution < 1.29 is 9.53 Å². The van der Waals surface area contributed by atoms with E-state index in [1.54, 1.807) is 54.6 Å². The summed E-state index contributed by atoms with van der Waals surface area (Å²) in [6.07, 6.45) is 1.42. The molecule has 0 aromatic heterocycles. The molecular weight excluding hydrogens is 490 g/mol. The molecule has 8 heteroatoms. The molecule has 3 aromatic rings. The Kier molecular flexibility index (Phi) is 8.06. The number of rotatable bonds is 6. The first kappa shape index (κ1) is 24.0. The van der Waals surface area contributed by atoms with Crippen LogP contribution in [0.15, 0.2) is 60.2 Å². The molecule has 1 amide bonds. The van der Waals surface area contributed by atoms with Gasteiger partial charge in [-0.25, -0.2) is 0 Å². The van der Waals surface area contributed by atoms with E-state index in [4.69, 9.17) is 51.1 Å². The van der Waals surface area contributed by atoms with Crippen molar-refractivity contribution in [1.82, 2.24) is 0 Å². The second-order valence-corrected chi connectivity index (χ2v) is 8.51. The number of amides is 1. The summed E-state index contributed by atoms with van der Waals surface area (Å²) in [4.78, 5) is 12.7. The molecule has 0 spiro atoms. The number of nitrogens with zero attached hydrogens (tertiary/aromatic N) is 1. The van der Waals surface area contributed by atoms with E-state index in [1.165, 1.54) is 6.08 Å². The zero-order valence-corrected chi connectivity index (χ0v) is 19.8. The van der Waals surface area contributed by atoms with Crippen molar-refractivity contribution >= 4 is 64.1 Å². The average Bonchev–Trinajstić information content (AvgIpc) is 2.75. The first-order valence-corrected chi connectivity index (χ1v) is 10.8. The van der Waals surface area contributed by atoms with E-state index in [9.17, 15) is 10.1 Å². The summed E-state index contributed by atoms with van der Waals surface area (Å²) >= 11 is 24.3. The lowest BCUT2D eigenvalue weighted by atomic mass is 10.1. The highest BCUT2D eigenvalue weighted by Crippen LogP contribution is 2.28. The number of hydrogen-bond acceptors (Lipinski definition) is 3. The van der Waals surface area contributed by atoms with Gasteiger partial charge in [0.05, 0.1) is 0 Å². The van der Waals surface area contributed by atoms with Gasteiger partial charge in [0.2, 0.25) is 0 Å². The van der Waals surface area contributed by atoms with E-state index < -0.39 is 5.91 Å². The molecule has 0 unspecified atom stereocenters. The molecule has 0 heterocycles. The van der Waals surface area contributed by atoms with Crippen LogP contribution in [-0.2, 0) is 11.4 Å². The van der Waals surface area contributed by atoms with Gasteiger partial charge in [0.15, 0.2) is 0 Å². The van der Waals surface area contributed by atoms with Crippen LogP contribution in [0.25, 0.3) is 6.08 Å². The summed E-state index contributed by atoms with van der Waals surface area (Å²) < 4.78 is 5.89. The molecule has 0 bridgehead atoms. The topological polar surface area (TPSA) is 62.1 Å². The highest BCUT2D eigenvalue weighted by atomic mass is 35.5. The van der Waals surface area contributed by atoms with Crippen molar-refractivity contribution in [2.24, 2.45) is 0 Å². The minimum absolute atomic E-state index is 0.124. The predicted octanol–water partition coefficient (Wildman–Crippen LogP) is 7.73. The van der Waals surface area contributed by atoms with Gasteiger partial charge >= 0.3 is 0 Å². The second kappa shape index (κ2) is 10.8. The van der Waals surface area contributed by atoms with E-state index in [0.717, 1.165) is 11.1 Å². The maximum Gasteiger partial charge on any atom is 0.266 e. The molecule has 3 rings (SSSR count). The van der Waals surface area contributed by atoms with Crippen LogP contribution in [0.2, 0.25) is 20.1 Å². The van der Waals surface area contributed by atoms with Crippen LogP contribution in [0.1, 0.15) is 16.7 Å². The highest BCUT2D eigenvalue weighted by Gasteiger charge is 2.14. The fourth-order valence-corrected chi connectivity index (χ4v) is 3.60. The molecule has 0 atom stereocenters. The summed E-state index contributed by atoms with van der Waals surface area (Å²) in [5.74, 6) is -0.149. The van der Waals surface area contributed by atoms with E-state index in [-0.39, 0.29) is 12.2 Å². The van der Waals surface area contributed by atoms with Crippen molar-refractivity contribution in [2.75, 3.05) is 5.32 Å². The molecule has 0 radical (unpaired) electrons. The SMILES string of the molecule is Cc1ccc(Cl)cc1NC(=O)/C(C#N)=C/c1cc(Cl)ccc1OCc1ccc(Cl)cc1Cl. The first-order valence-electron chi connectivity index (χ1n) is 9.32. The van der Waals surface area contributed by atoms with Gasteiger partial charge in [0.1, 0.15) is 24.0 Å². The number of benzene rings is 3. The van der Waals surface area contributed by atoms with Gasteiger partial charge in [-0.05, 0) is 61.0 Å². The lowest BCUT2D eigenvalue weighted by Crippen LogP contribution is -2.14.